The van der Waals surface area contributed by atoms with E-state index in [-0.39, 0.29) is 6.04 Å². The third-order valence-corrected chi connectivity index (χ3v) is 3.31. The quantitative estimate of drug-likeness (QED) is 0.781. The minimum Gasteiger partial charge on any atom is -0.508 e. The van der Waals surface area contributed by atoms with Gasteiger partial charge in [0.25, 0.3) is 0 Å². The van der Waals surface area contributed by atoms with Gasteiger partial charge in [0.05, 0.1) is 6.61 Å². The fraction of sp³-hybridized carbons (Fsp3) is 0.625. The molecule has 0 spiro atoms. The first-order chi connectivity index (χ1) is 9.10. The van der Waals surface area contributed by atoms with E-state index in [1.165, 1.54) is 0 Å². The number of aromatic hydroxyl groups is 1. The van der Waals surface area contributed by atoms with E-state index in [2.05, 4.69) is 25.7 Å². The van der Waals surface area contributed by atoms with E-state index in [0.29, 0.717) is 11.7 Å². The van der Waals surface area contributed by atoms with E-state index >= 15 is 0 Å². The maximum Gasteiger partial charge on any atom is 0.120 e. The molecular formula is C16H27NO2. The number of hydrogen-bond donors (Lipinski definition) is 1. The summed E-state index contributed by atoms with van der Waals surface area (Å²) in [6.07, 6.45) is 0.980. The molecule has 1 unspecified atom stereocenters. The molecule has 0 fully saturated rings. The van der Waals surface area contributed by atoms with Crippen LogP contribution in [-0.4, -0.2) is 36.8 Å². The highest BCUT2D eigenvalue weighted by Crippen LogP contribution is 2.31. The molecule has 0 aromatic heterocycles. The van der Waals surface area contributed by atoms with Gasteiger partial charge < -0.3 is 9.84 Å². The molecule has 0 aliphatic heterocycles. The second kappa shape index (κ2) is 8.18. The van der Waals surface area contributed by atoms with Crippen LogP contribution in [0.5, 0.6) is 5.75 Å². The third-order valence-electron chi connectivity index (χ3n) is 3.31. The number of rotatable bonds is 8. The summed E-state index contributed by atoms with van der Waals surface area (Å²) < 4.78 is 5.21. The fourth-order valence-electron chi connectivity index (χ4n) is 2.50. The Hall–Kier alpha value is -1.06. The number of hydrogen-bond acceptors (Lipinski definition) is 3. The molecule has 0 bridgehead atoms. The van der Waals surface area contributed by atoms with Crippen LogP contribution in [0.3, 0.4) is 0 Å². The van der Waals surface area contributed by atoms with Crippen LogP contribution >= 0.6 is 0 Å². The molecule has 3 nitrogen and oxygen atoms in total. The fourth-order valence-corrected chi connectivity index (χ4v) is 2.50. The SMILES string of the molecule is CCC(c1ccccc1O)N(CCOC)CC(C)C. The van der Waals surface area contributed by atoms with Crippen LogP contribution in [-0.2, 0) is 4.74 Å². The molecule has 0 saturated heterocycles. The number of phenols is 1. The predicted octanol–water partition coefficient (Wildman–Crippen LogP) is 3.45. The van der Waals surface area contributed by atoms with E-state index in [1.54, 1.807) is 13.2 Å². The molecule has 0 radical (unpaired) electrons. The third kappa shape index (κ3) is 4.84. The van der Waals surface area contributed by atoms with Gasteiger partial charge in [0.15, 0.2) is 0 Å². The van der Waals surface area contributed by atoms with Crippen molar-refractivity contribution in [2.75, 3.05) is 26.8 Å². The van der Waals surface area contributed by atoms with Crippen molar-refractivity contribution in [3.05, 3.63) is 29.8 Å². The van der Waals surface area contributed by atoms with Gasteiger partial charge in [-0.05, 0) is 18.4 Å². The largest absolute Gasteiger partial charge is 0.508 e. The van der Waals surface area contributed by atoms with Crippen LogP contribution in [0.1, 0.15) is 38.8 Å². The average Bonchev–Trinajstić information content (AvgIpc) is 2.38. The Morgan fingerprint density at radius 3 is 2.47 bits per heavy atom. The Morgan fingerprint density at radius 1 is 1.26 bits per heavy atom. The number of nitrogens with zero attached hydrogens (tertiary/aromatic N) is 1. The molecule has 0 heterocycles. The molecule has 0 aliphatic rings. The molecule has 0 amide bonds. The lowest BCUT2D eigenvalue weighted by Crippen LogP contribution is -2.34. The van der Waals surface area contributed by atoms with Gasteiger partial charge in [-0.15, -0.1) is 0 Å². The van der Waals surface area contributed by atoms with Gasteiger partial charge in [-0.25, -0.2) is 0 Å². The van der Waals surface area contributed by atoms with Gasteiger partial charge in [0, 0.05) is 31.8 Å². The number of phenolic OH excluding ortho intramolecular Hbond substituents is 1. The molecule has 1 atom stereocenters. The lowest BCUT2D eigenvalue weighted by atomic mass is 10.0. The molecule has 19 heavy (non-hydrogen) atoms. The van der Waals surface area contributed by atoms with E-state index in [0.717, 1.165) is 31.7 Å². The normalized spacial score (nSPS) is 13.2. The highest BCUT2D eigenvalue weighted by molar-refractivity contribution is 5.34. The average molecular weight is 265 g/mol. The molecule has 108 valence electrons. The van der Waals surface area contributed by atoms with Crippen molar-refractivity contribution in [1.29, 1.82) is 0 Å². The highest BCUT2D eigenvalue weighted by Gasteiger charge is 2.21. The van der Waals surface area contributed by atoms with E-state index < -0.39 is 0 Å². The van der Waals surface area contributed by atoms with Crippen LogP contribution in [0.15, 0.2) is 24.3 Å². The van der Waals surface area contributed by atoms with E-state index in [1.807, 2.05) is 18.2 Å². The standard InChI is InChI=1S/C16H27NO2/c1-5-15(14-8-6-7-9-16(14)18)17(10-11-19-4)12-13(2)3/h6-9,13,15,18H,5,10-12H2,1-4H3. The Labute approximate surface area is 117 Å². The summed E-state index contributed by atoms with van der Waals surface area (Å²) in [6.45, 7) is 9.22. The molecule has 1 aromatic rings. The van der Waals surface area contributed by atoms with Crippen LogP contribution in [0.4, 0.5) is 0 Å². The second-order valence-corrected chi connectivity index (χ2v) is 5.36. The molecule has 0 aliphatic carbocycles. The summed E-state index contributed by atoms with van der Waals surface area (Å²) in [6, 6.07) is 7.89. The maximum atomic E-state index is 10.1. The second-order valence-electron chi connectivity index (χ2n) is 5.36. The first-order valence-corrected chi connectivity index (χ1v) is 7.11. The summed E-state index contributed by atoms with van der Waals surface area (Å²) in [5.74, 6) is 0.984. The molecule has 1 aromatic carbocycles. The van der Waals surface area contributed by atoms with Gasteiger partial charge in [-0.2, -0.15) is 0 Å². The van der Waals surface area contributed by atoms with Gasteiger partial charge in [0.1, 0.15) is 5.75 Å². The zero-order valence-electron chi connectivity index (χ0n) is 12.6. The van der Waals surface area contributed by atoms with Crippen molar-refractivity contribution in [3.63, 3.8) is 0 Å². The number of ether oxygens (including phenoxy) is 1. The summed E-state index contributed by atoms with van der Waals surface area (Å²) in [4.78, 5) is 2.41. The van der Waals surface area contributed by atoms with Gasteiger partial charge in [-0.3, -0.25) is 4.90 Å². The Kier molecular flexibility index (Phi) is 6.89. The number of benzene rings is 1. The predicted molar refractivity (Wildman–Crippen MR) is 79.4 cm³/mol. The van der Waals surface area contributed by atoms with E-state index in [9.17, 15) is 5.11 Å². The number of para-hydroxylation sites is 1. The zero-order chi connectivity index (χ0) is 14.3. The highest BCUT2D eigenvalue weighted by atomic mass is 16.5. The summed E-state index contributed by atoms with van der Waals surface area (Å²) in [5.41, 5.74) is 1.02. The van der Waals surface area contributed by atoms with E-state index in [4.69, 9.17) is 4.74 Å². The monoisotopic (exact) mass is 265 g/mol. The Morgan fingerprint density at radius 2 is 1.95 bits per heavy atom. The molecule has 3 heteroatoms. The summed E-state index contributed by atoms with van der Waals surface area (Å²) in [5, 5.41) is 10.1. The lowest BCUT2D eigenvalue weighted by molar-refractivity contribution is 0.106. The van der Waals surface area contributed by atoms with Crippen molar-refractivity contribution in [3.8, 4) is 5.75 Å². The summed E-state index contributed by atoms with van der Waals surface area (Å²) in [7, 11) is 1.73. The van der Waals surface area contributed by atoms with Gasteiger partial charge in [0.2, 0.25) is 0 Å². The molecule has 1 N–H and O–H groups in total. The molecule has 0 saturated carbocycles. The Bertz CT molecular complexity index is 366. The molecule has 1 rings (SSSR count). The van der Waals surface area contributed by atoms with Crippen molar-refractivity contribution in [2.45, 2.75) is 33.2 Å². The van der Waals surface area contributed by atoms with Crippen molar-refractivity contribution in [1.82, 2.24) is 4.90 Å². The molecular weight excluding hydrogens is 238 g/mol. The van der Waals surface area contributed by atoms with Crippen molar-refractivity contribution < 1.29 is 9.84 Å². The zero-order valence-corrected chi connectivity index (χ0v) is 12.6. The topological polar surface area (TPSA) is 32.7 Å². The van der Waals surface area contributed by atoms with Crippen LogP contribution < -0.4 is 0 Å². The smallest absolute Gasteiger partial charge is 0.120 e. The minimum atomic E-state index is 0.249. The van der Waals surface area contributed by atoms with Gasteiger partial charge >= 0.3 is 0 Å². The Balaban J connectivity index is 2.91. The van der Waals surface area contributed by atoms with Crippen molar-refractivity contribution >= 4 is 0 Å². The maximum absolute atomic E-state index is 10.1. The lowest BCUT2D eigenvalue weighted by Gasteiger charge is -2.33. The number of methoxy groups -OCH3 is 1. The van der Waals surface area contributed by atoms with Crippen LogP contribution in [0.25, 0.3) is 0 Å². The first-order valence-electron chi connectivity index (χ1n) is 7.11. The minimum absolute atomic E-state index is 0.249. The van der Waals surface area contributed by atoms with Crippen molar-refractivity contribution in [2.24, 2.45) is 5.92 Å². The first kappa shape index (κ1) is 16.0. The van der Waals surface area contributed by atoms with Crippen LogP contribution in [0, 0.1) is 5.92 Å². The summed E-state index contributed by atoms with van der Waals surface area (Å²) >= 11 is 0. The van der Waals surface area contributed by atoms with Gasteiger partial charge in [-0.1, -0.05) is 39.0 Å². The van der Waals surface area contributed by atoms with Crippen LogP contribution in [0.2, 0.25) is 0 Å².